The van der Waals surface area contributed by atoms with Gasteiger partial charge in [-0.3, -0.25) is 4.79 Å². The number of phenols is 1. The van der Waals surface area contributed by atoms with Gasteiger partial charge in [0.25, 0.3) is 5.91 Å². The van der Waals surface area contributed by atoms with Crippen LogP contribution in [0.3, 0.4) is 0 Å². The Kier molecular flexibility index (Phi) is 2.76. The molecule has 3 heteroatoms. The lowest BCUT2D eigenvalue weighted by atomic mass is 9.68. The molecule has 1 aromatic carbocycles. The monoisotopic (exact) mass is 271 g/mol. The highest BCUT2D eigenvalue weighted by Gasteiger charge is 2.44. The third kappa shape index (κ3) is 1.91. The van der Waals surface area contributed by atoms with Gasteiger partial charge >= 0.3 is 0 Å². The Labute approximate surface area is 119 Å². The van der Waals surface area contributed by atoms with E-state index >= 15 is 0 Å². The fourth-order valence-corrected chi connectivity index (χ4v) is 4.84. The van der Waals surface area contributed by atoms with Crippen LogP contribution >= 0.6 is 0 Å². The number of carbonyl (C=O) groups is 1. The molecular weight excluding hydrogens is 250 g/mol. The second-order valence-electron chi connectivity index (χ2n) is 6.91. The molecule has 2 saturated heterocycles. The predicted octanol–water partition coefficient (Wildman–Crippen LogP) is 3.04. The van der Waals surface area contributed by atoms with Crippen molar-refractivity contribution in [2.24, 2.45) is 17.8 Å². The number of rotatable bonds is 1. The molecule has 2 saturated carbocycles. The van der Waals surface area contributed by atoms with Gasteiger partial charge in [-0.1, -0.05) is 12.1 Å². The summed E-state index contributed by atoms with van der Waals surface area (Å²) < 4.78 is 0. The van der Waals surface area contributed by atoms with Gasteiger partial charge in [0.05, 0.1) is 5.56 Å². The zero-order valence-corrected chi connectivity index (χ0v) is 11.7. The summed E-state index contributed by atoms with van der Waals surface area (Å²) in [5, 5.41) is 9.94. The van der Waals surface area contributed by atoms with Crippen LogP contribution in [0.1, 0.15) is 42.5 Å². The average Bonchev–Trinajstić information content (AvgIpc) is 2.62. The number of carbonyl (C=O) groups excluding carboxylic acids is 1. The number of aromatic hydroxyl groups is 1. The van der Waals surface area contributed by atoms with Crippen LogP contribution < -0.4 is 0 Å². The summed E-state index contributed by atoms with van der Waals surface area (Å²) in [5.41, 5.74) is 0.466. The minimum Gasteiger partial charge on any atom is -0.507 e. The normalized spacial score (nSPS) is 35.1. The largest absolute Gasteiger partial charge is 0.507 e. The zero-order valence-electron chi connectivity index (χ0n) is 11.7. The number of hydrogen-bond donors (Lipinski definition) is 1. The molecule has 20 heavy (non-hydrogen) atoms. The first-order valence-corrected chi connectivity index (χ1v) is 7.79. The van der Waals surface area contributed by atoms with Crippen molar-refractivity contribution in [2.75, 3.05) is 6.54 Å². The number of phenolic OH excluding ortho intramolecular Hbond substituents is 1. The Morgan fingerprint density at radius 1 is 1.00 bits per heavy atom. The molecule has 2 aliphatic carbocycles. The van der Waals surface area contributed by atoms with Crippen LogP contribution in [-0.4, -0.2) is 28.5 Å². The molecule has 4 aliphatic rings. The van der Waals surface area contributed by atoms with Crippen molar-refractivity contribution in [3.63, 3.8) is 0 Å². The smallest absolute Gasteiger partial charge is 0.257 e. The second kappa shape index (κ2) is 4.51. The van der Waals surface area contributed by atoms with Gasteiger partial charge in [-0.15, -0.1) is 0 Å². The van der Waals surface area contributed by atoms with E-state index in [0.717, 1.165) is 18.4 Å². The summed E-state index contributed by atoms with van der Waals surface area (Å²) in [6.45, 7) is 0.894. The lowest BCUT2D eigenvalue weighted by Gasteiger charge is -2.39. The molecule has 5 rings (SSSR count). The van der Waals surface area contributed by atoms with Crippen molar-refractivity contribution < 1.29 is 9.90 Å². The van der Waals surface area contributed by atoms with Crippen molar-refractivity contribution in [1.29, 1.82) is 0 Å². The molecule has 2 atom stereocenters. The summed E-state index contributed by atoms with van der Waals surface area (Å²) in [5.74, 6) is 2.49. The first-order chi connectivity index (χ1) is 9.70. The zero-order chi connectivity index (χ0) is 13.7. The third-order valence-electron chi connectivity index (χ3n) is 5.50. The van der Waals surface area contributed by atoms with Gasteiger partial charge < -0.3 is 10.0 Å². The fraction of sp³-hybridized carbons (Fsp3) is 0.588. The lowest BCUT2D eigenvalue weighted by Crippen LogP contribution is -2.42. The van der Waals surface area contributed by atoms with E-state index in [4.69, 9.17) is 0 Å². The molecule has 4 fully saturated rings. The van der Waals surface area contributed by atoms with Crippen LogP contribution in [0.2, 0.25) is 0 Å². The molecular formula is C17H21NO2. The Bertz CT molecular complexity index is 528. The SMILES string of the molecule is O=C(c1ccccc1O)N1CC2CC3CC(C2)CC1C3. The average molecular weight is 271 g/mol. The Morgan fingerprint density at radius 2 is 1.65 bits per heavy atom. The summed E-state index contributed by atoms with van der Waals surface area (Å²) in [7, 11) is 0. The van der Waals surface area contributed by atoms with Gasteiger partial charge in [0, 0.05) is 12.6 Å². The topological polar surface area (TPSA) is 40.5 Å². The van der Waals surface area contributed by atoms with Crippen LogP contribution in [-0.2, 0) is 0 Å². The number of para-hydroxylation sites is 1. The molecule has 1 amide bonds. The van der Waals surface area contributed by atoms with E-state index in [1.807, 2.05) is 6.07 Å². The Morgan fingerprint density at radius 3 is 2.35 bits per heavy atom. The van der Waals surface area contributed by atoms with Crippen LogP contribution in [0.5, 0.6) is 5.75 Å². The van der Waals surface area contributed by atoms with Gasteiger partial charge in [-0.25, -0.2) is 0 Å². The summed E-state index contributed by atoms with van der Waals surface area (Å²) in [6.07, 6.45) is 6.33. The van der Waals surface area contributed by atoms with Crippen molar-refractivity contribution in [3.05, 3.63) is 29.8 Å². The molecule has 2 unspecified atom stereocenters. The minimum atomic E-state index is 0.0290. The maximum Gasteiger partial charge on any atom is 0.257 e. The standard InChI is InChI=1S/C17H21NO2/c19-16-4-2-1-3-15(16)17(20)18-10-13-6-11-5-12(7-13)9-14(18)8-11/h1-4,11-14,19H,5-10H2. The van der Waals surface area contributed by atoms with Gasteiger partial charge in [-0.05, 0) is 62.0 Å². The lowest BCUT2D eigenvalue weighted by molar-refractivity contribution is 0.0630. The number of hydrogen-bond acceptors (Lipinski definition) is 2. The van der Waals surface area contributed by atoms with E-state index in [9.17, 15) is 9.90 Å². The van der Waals surface area contributed by atoms with Crippen molar-refractivity contribution in [3.8, 4) is 5.75 Å². The third-order valence-corrected chi connectivity index (χ3v) is 5.50. The molecule has 1 N–H and O–H groups in total. The number of benzene rings is 1. The van der Waals surface area contributed by atoms with Gasteiger partial charge in [0.2, 0.25) is 0 Å². The molecule has 2 heterocycles. The molecule has 0 radical (unpaired) electrons. The molecule has 3 nitrogen and oxygen atoms in total. The molecule has 0 spiro atoms. The van der Waals surface area contributed by atoms with Crippen LogP contribution in [0.4, 0.5) is 0 Å². The van der Waals surface area contributed by atoms with Gasteiger partial charge in [0.15, 0.2) is 0 Å². The maximum atomic E-state index is 12.8. The molecule has 4 bridgehead atoms. The van der Waals surface area contributed by atoms with Crippen molar-refractivity contribution in [1.82, 2.24) is 4.90 Å². The predicted molar refractivity (Wildman–Crippen MR) is 76.5 cm³/mol. The summed E-state index contributed by atoms with van der Waals surface area (Å²) in [4.78, 5) is 14.9. The van der Waals surface area contributed by atoms with Crippen LogP contribution in [0.15, 0.2) is 24.3 Å². The number of nitrogens with zero attached hydrogens (tertiary/aromatic N) is 1. The van der Waals surface area contributed by atoms with Gasteiger partial charge in [0.1, 0.15) is 5.75 Å². The van der Waals surface area contributed by atoms with E-state index in [-0.39, 0.29) is 11.7 Å². The molecule has 106 valence electrons. The Balaban J connectivity index is 1.65. The molecule has 2 aliphatic heterocycles. The van der Waals surface area contributed by atoms with Crippen LogP contribution in [0, 0.1) is 17.8 Å². The van der Waals surface area contributed by atoms with Crippen LogP contribution in [0.25, 0.3) is 0 Å². The fourth-order valence-electron chi connectivity index (χ4n) is 4.84. The highest BCUT2D eigenvalue weighted by Crippen LogP contribution is 2.47. The first-order valence-electron chi connectivity index (χ1n) is 7.79. The van der Waals surface area contributed by atoms with E-state index in [1.54, 1.807) is 18.2 Å². The molecule has 0 aromatic heterocycles. The Hall–Kier alpha value is -1.51. The van der Waals surface area contributed by atoms with Crippen molar-refractivity contribution >= 4 is 5.91 Å². The maximum absolute atomic E-state index is 12.8. The number of fused-ring (bicyclic) bond motifs is 1. The highest BCUT2D eigenvalue weighted by atomic mass is 16.3. The van der Waals surface area contributed by atoms with E-state index in [0.29, 0.717) is 17.5 Å². The quantitative estimate of drug-likeness (QED) is 0.853. The highest BCUT2D eigenvalue weighted by molar-refractivity contribution is 5.97. The van der Waals surface area contributed by atoms with Crippen molar-refractivity contribution in [2.45, 2.75) is 38.1 Å². The minimum absolute atomic E-state index is 0.0290. The van der Waals surface area contributed by atoms with Gasteiger partial charge in [-0.2, -0.15) is 0 Å². The van der Waals surface area contributed by atoms with E-state index < -0.39 is 0 Å². The molecule has 1 aromatic rings. The van der Waals surface area contributed by atoms with E-state index in [1.165, 1.54) is 32.1 Å². The summed E-state index contributed by atoms with van der Waals surface area (Å²) in [6, 6.07) is 7.34. The first kappa shape index (κ1) is 12.2. The van der Waals surface area contributed by atoms with E-state index in [2.05, 4.69) is 4.90 Å². The second-order valence-corrected chi connectivity index (χ2v) is 6.91. The summed E-state index contributed by atoms with van der Waals surface area (Å²) >= 11 is 0. The number of amides is 1.